The van der Waals surface area contributed by atoms with Crippen molar-refractivity contribution >= 4 is 29.2 Å². The fourth-order valence-corrected chi connectivity index (χ4v) is 4.83. The lowest BCUT2D eigenvalue weighted by Crippen LogP contribution is -2.46. The maximum atomic E-state index is 10.8. The van der Waals surface area contributed by atoms with E-state index >= 15 is 0 Å². The fraction of sp³-hybridized carbons (Fsp3) is 0.480. The first kappa shape index (κ1) is 24.8. The predicted molar refractivity (Wildman–Crippen MR) is 128 cm³/mol. The third-order valence-electron chi connectivity index (χ3n) is 5.92. The number of hydrogen-bond acceptors (Lipinski definition) is 4. The number of aryl methyl sites for hydroxylation is 1. The highest BCUT2D eigenvalue weighted by Gasteiger charge is 2.28. The number of hydrogen-bond donors (Lipinski definition) is 3. The molecule has 0 fully saturated rings. The standard InChI is InChI=1S/C25H31Cl2NO4/c1-25(2,13-16-11-18-5-3-4-6-19(18)12-16)28-14-20(29)15-32-21-9-7-17(8-10-22(30)31)23(26)24(21)27/h3-7,9,16,20,28-29H,8,10-15H2,1-2H3,(H,30,31)/t20-/m1/s1. The number of benzene rings is 2. The molecule has 0 amide bonds. The summed E-state index contributed by atoms with van der Waals surface area (Å²) in [6.07, 6.45) is 2.79. The minimum absolute atomic E-state index is 0.0244. The number of rotatable bonds is 11. The lowest BCUT2D eigenvalue weighted by atomic mass is 9.88. The maximum Gasteiger partial charge on any atom is 0.303 e. The van der Waals surface area contributed by atoms with Crippen LogP contribution in [0.15, 0.2) is 36.4 Å². The molecular weight excluding hydrogens is 449 g/mol. The molecule has 32 heavy (non-hydrogen) atoms. The Morgan fingerprint density at radius 2 is 1.81 bits per heavy atom. The molecule has 1 aliphatic rings. The highest BCUT2D eigenvalue weighted by Crippen LogP contribution is 2.35. The summed E-state index contributed by atoms with van der Waals surface area (Å²) >= 11 is 12.5. The van der Waals surface area contributed by atoms with E-state index in [2.05, 4.69) is 43.4 Å². The molecule has 0 radical (unpaired) electrons. The fourth-order valence-electron chi connectivity index (χ4n) is 4.35. The van der Waals surface area contributed by atoms with E-state index in [-0.39, 0.29) is 28.6 Å². The normalized spacial score (nSPS) is 14.9. The zero-order chi connectivity index (χ0) is 23.3. The Labute approximate surface area is 199 Å². The molecule has 5 nitrogen and oxygen atoms in total. The van der Waals surface area contributed by atoms with Gasteiger partial charge in [-0.1, -0.05) is 53.5 Å². The number of carbonyl (C=O) groups is 1. The first-order valence-corrected chi connectivity index (χ1v) is 11.7. The van der Waals surface area contributed by atoms with Crippen molar-refractivity contribution < 1.29 is 19.7 Å². The number of β-amino-alcohol motifs (C(OH)–C–C–N with tert-alkyl or cyclic N) is 1. The quantitative estimate of drug-likeness (QED) is 0.426. The van der Waals surface area contributed by atoms with Gasteiger partial charge in [-0.2, -0.15) is 0 Å². The maximum absolute atomic E-state index is 10.8. The zero-order valence-electron chi connectivity index (χ0n) is 18.5. The molecule has 0 bridgehead atoms. The Hall–Kier alpha value is -1.79. The van der Waals surface area contributed by atoms with Crippen molar-refractivity contribution in [3.63, 3.8) is 0 Å². The summed E-state index contributed by atoms with van der Waals surface area (Å²) in [6, 6.07) is 12.0. The molecule has 1 atom stereocenters. The van der Waals surface area contributed by atoms with Crippen LogP contribution in [0, 0.1) is 5.92 Å². The van der Waals surface area contributed by atoms with E-state index in [1.165, 1.54) is 11.1 Å². The number of fused-ring (bicyclic) bond motifs is 1. The molecule has 0 saturated carbocycles. The molecule has 0 aliphatic heterocycles. The van der Waals surface area contributed by atoms with E-state index in [1.807, 2.05) is 0 Å². The largest absolute Gasteiger partial charge is 0.489 e. The van der Waals surface area contributed by atoms with Crippen LogP contribution in [-0.2, 0) is 24.1 Å². The number of aliphatic hydroxyl groups excluding tert-OH is 1. The Morgan fingerprint density at radius 3 is 2.44 bits per heavy atom. The van der Waals surface area contributed by atoms with E-state index in [0.717, 1.165) is 19.3 Å². The van der Waals surface area contributed by atoms with E-state index < -0.39 is 12.1 Å². The Morgan fingerprint density at radius 1 is 1.16 bits per heavy atom. The van der Waals surface area contributed by atoms with Crippen LogP contribution in [0.5, 0.6) is 5.75 Å². The minimum atomic E-state index is -0.895. The van der Waals surface area contributed by atoms with Crippen molar-refractivity contribution in [1.29, 1.82) is 0 Å². The van der Waals surface area contributed by atoms with E-state index in [9.17, 15) is 9.90 Å². The van der Waals surface area contributed by atoms with Crippen LogP contribution in [-0.4, -0.2) is 41.0 Å². The van der Waals surface area contributed by atoms with Gasteiger partial charge in [-0.3, -0.25) is 4.79 Å². The van der Waals surface area contributed by atoms with E-state index in [4.69, 9.17) is 33.0 Å². The van der Waals surface area contributed by atoms with Gasteiger partial charge in [0.2, 0.25) is 0 Å². The number of carboxylic acids is 1. The van der Waals surface area contributed by atoms with Crippen LogP contribution in [0.4, 0.5) is 0 Å². The van der Waals surface area contributed by atoms with Crippen molar-refractivity contribution in [3.8, 4) is 5.75 Å². The second-order valence-corrected chi connectivity index (χ2v) is 9.98. The summed E-state index contributed by atoms with van der Waals surface area (Å²) in [5.41, 5.74) is 3.45. The number of nitrogens with one attached hydrogen (secondary N) is 1. The second-order valence-electron chi connectivity index (χ2n) is 9.22. The van der Waals surface area contributed by atoms with Gasteiger partial charge < -0.3 is 20.3 Å². The third kappa shape index (κ3) is 6.85. The number of aliphatic hydroxyl groups is 1. The SMILES string of the molecule is CC(C)(CC1Cc2ccccc2C1)NC[C@@H](O)COc1ccc(CCC(=O)O)c(Cl)c1Cl. The van der Waals surface area contributed by atoms with Gasteiger partial charge in [-0.05, 0) is 68.2 Å². The molecule has 174 valence electrons. The summed E-state index contributed by atoms with van der Waals surface area (Å²) in [4.78, 5) is 10.8. The van der Waals surface area contributed by atoms with Gasteiger partial charge in [0.25, 0.3) is 0 Å². The first-order chi connectivity index (χ1) is 15.1. The molecular formula is C25H31Cl2NO4. The van der Waals surface area contributed by atoms with Crippen molar-refractivity contribution in [3.05, 3.63) is 63.1 Å². The molecule has 0 unspecified atom stereocenters. The minimum Gasteiger partial charge on any atom is -0.489 e. The molecule has 1 aliphatic carbocycles. The second kappa shape index (κ2) is 10.9. The number of halogens is 2. The average molecular weight is 480 g/mol. The predicted octanol–water partition coefficient (Wildman–Crippen LogP) is 4.92. The van der Waals surface area contributed by atoms with Gasteiger partial charge in [-0.25, -0.2) is 0 Å². The smallest absolute Gasteiger partial charge is 0.303 e. The van der Waals surface area contributed by atoms with Crippen molar-refractivity contribution in [1.82, 2.24) is 5.32 Å². The summed E-state index contributed by atoms with van der Waals surface area (Å²) in [5.74, 6) is 0.0789. The lowest BCUT2D eigenvalue weighted by Gasteiger charge is -2.30. The molecule has 2 aromatic carbocycles. The van der Waals surface area contributed by atoms with E-state index in [0.29, 0.717) is 30.2 Å². The van der Waals surface area contributed by atoms with Gasteiger partial charge in [-0.15, -0.1) is 0 Å². The number of aliphatic carboxylic acids is 1. The average Bonchev–Trinajstić information content (AvgIpc) is 3.14. The van der Waals surface area contributed by atoms with E-state index in [1.54, 1.807) is 12.1 Å². The third-order valence-corrected chi connectivity index (χ3v) is 6.82. The van der Waals surface area contributed by atoms with Gasteiger partial charge in [0.15, 0.2) is 0 Å². The van der Waals surface area contributed by atoms with Crippen LogP contribution >= 0.6 is 23.2 Å². The topological polar surface area (TPSA) is 78.8 Å². The van der Waals surface area contributed by atoms with Crippen molar-refractivity contribution in [2.75, 3.05) is 13.2 Å². The van der Waals surface area contributed by atoms with Crippen LogP contribution < -0.4 is 10.1 Å². The molecule has 0 spiro atoms. The number of carboxylic acid groups (broad SMARTS) is 1. The Kier molecular flexibility index (Phi) is 8.45. The van der Waals surface area contributed by atoms with Gasteiger partial charge in [0.05, 0.1) is 5.02 Å². The summed E-state index contributed by atoms with van der Waals surface area (Å²) in [5, 5.41) is 23.2. The van der Waals surface area contributed by atoms with Crippen LogP contribution in [0.2, 0.25) is 10.0 Å². The van der Waals surface area contributed by atoms with Gasteiger partial charge in [0, 0.05) is 18.5 Å². The lowest BCUT2D eigenvalue weighted by molar-refractivity contribution is -0.136. The van der Waals surface area contributed by atoms with Crippen LogP contribution in [0.3, 0.4) is 0 Å². The van der Waals surface area contributed by atoms with Gasteiger partial charge >= 0.3 is 5.97 Å². The summed E-state index contributed by atoms with van der Waals surface area (Å²) in [6.45, 7) is 4.79. The molecule has 3 rings (SSSR count). The number of ether oxygens (including phenoxy) is 1. The van der Waals surface area contributed by atoms with Gasteiger partial charge in [0.1, 0.15) is 23.5 Å². The first-order valence-electron chi connectivity index (χ1n) is 11.0. The summed E-state index contributed by atoms with van der Waals surface area (Å²) in [7, 11) is 0. The molecule has 0 heterocycles. The molecule has 0 saturated heterocycles. The Balaban J connectivity index is 1.45. The van der Waals surface area contributed by atoms with Crippen LogP contribution in [0.1, 0.15) is 43.4 Å². The molecule has 7 heteroatoms. The van der Waals surface area contributed by atoms with Crippen molar-refractivity contribution in [2.45, 2.75) is 57.6 Å². The van der Waals surface area contributed by atoms with Crippen LogP contribution in [0.25, 0.3) is 0 Å². The molecule has 2 aromatic rings. The monoisotopic (exact) mass is 479 g/mol. The highest BCUT2D eigenvalue weighted by atomic mass is 35.5. The Bertz CT molecular complexity index is 923. The summed E-state index contributed by atoms with van der Waals surface area (Å²) < 4.78 is 5.68. The van der Waals surface area contributed by atoms with Crippen molar-refractivity contribution in [2.24, 2.45) is 5.92 Å². The molecule has 3 N–H and O–H groups in total. The molecule has 0 aromatic heterocycles. The highest BCUT2D eigenvalue weighted by molar-refractivity contribution is 6.43. The zero-order valence-corrected chi connectivity index (χ0v) is 20.0.